The molecule has 0 saturated heterocycles. The molecule has 68 valence electrons. The summed E-state index contributed by atoms with van der Waals surface area (Å²) in [4.78, 5) is 0. The Bertz CT molecular complexity index is 221. The number of hydrogen-bond acceptors (Lipinski definition) is 0. The molecule has 1 aliphatic rings. The van der Waals surface area contributed by atoms with E-state index >= 15 is 0 Å². The molecule has 0 spiro atoms. The second-order valence-electron chi connectivity index (χ2n) is 4.74. The molecule has 12 heavy (non-hydrogen) atoms. The van der Waals surface area contributed by atoms with Crippen molar-refractivity contribution in [2.75, 3.05) is 0 Å². The fourth-order valence-corrected chi connectivity index (χ4v) is 4.60. The van der Waals surface area contributed by atoms with E-state index in [-0.39, 0.29) is 0 Å². The van der Waals surface area contributed by atoms with Crippen molar-refractivity contribution in [1.82, 2.24) is 0 Å². The lowest BCUT2D eigenvalue weighted by Gasteiger charge is -2.27. The number of hydrogen-bond donors (Lipinski definition) is 0. The van der Waals surface area contributed by atoms with Gasteiger partial charge >= 0.3 is 0 Å². The highest BCUT2D eigenvalue weighted by molar-refractivity contribution is 6.89. The van der Waals surface area contributed by atoms with E-state index in [0.29, 0.717) is 0 Å². The quantitative estimate of drug-likeness (QED) is 0.570. The molecule has 1 atom stereocenters. The van der Waals surface area contributed by atoms with Gasteiger partial charge in [-0.15, -0.1) is 0 Å². The van der Waals surface area contributed by atoms with Crippen molar-refractivity contribution in [2.24, 2.45) is 11.8 Å². The Morgan fingerprint density at radius 1 is 1.17 bits per heavy atom. The van der Waals surface area contributed by atoms with Gasteiger partial charge in [-0.1, -0.05) is 56.9 Å². The third-order valence-electron chi connectivity index (χ3n) is 3.02. The average molecular weight is 180 g/mol. The molecule has 0 aromatic heterocycles. The maximum absolute atomic E-state index is 2.43. The van der Waals surface area contributed by atoms with Gasteiger partial charge in [0.05, 0.1) is 8.07 Å². The van der Waals surface area contributed by atoms with Crippen LogP contribution >= 0.6 is 0 Å². The van der Waals surface area contributed by atoms with Crippen molar-refractivity contribution < 1.29 is 0 Å². The highest BCUT2D eigenvalue weighted by Gasteiger charge is 2.30. The minimum Gasteiger partial charge on any atom is -0.0905 e. The van der Waals surface area contributed by atoms with E-state index in [4.69, 9.17) is 0 Å². The van der Waals surface area contributed by atoms with Crippen LogP contribution in [0.4, 0.5) is 0 Å². The van der Waals surface area contributed by atoms with Crippen molar-refractivity contribution in [3.05, 3.63) is 23.0 Å². The van der Waals surface area contributed by atoms with E-state index in [2.05, 4.69) is 51.7 Å². The fourth-order valence-electron chi connectivity index (χ4n) is 1.80. The van der Waals surface area contributed by atoms with Crippen molar-refractivity contribution in [3.8, 4) is 0 Å². The van der Waals surface area contributed by atoms with Gasteiger partial charge in [-0.05, 0) is 11.8 Å². The van der Waals surface area contributed by atoms with Gasteiger partial charge in [-0.2, -0.15) is 0 Å². The molecular formula is C11H20Si. The van der Waals surface area contributed by atoms with Gasteiger partial charge in [0.15, 0.2) is 0 Å². The zero-order valence-electron chi connectivity index (χ0n) is 8.89. The van der Waals surface area contributed by atoms with Crippen LogP contribution in [0.25, 0.3) is 0 Å². The van der Waals surface area contributed by atoms with E-state index < -0.39 is 8.07 Å². The highest BCUT2D eigenvalue weighted by Crippen LogP contribution is 2.32. The van der Waals surface area contributed by atoms with Crippen LogP contribution in [0, 0.1) is 11.8 Å². The summed E-state index contributed by atoms with van der Waals surface area (Å²) in [6, 6.07) is 0. The molecule has 0 radical (unpaired) electrons. The van der Waals surface area contributed by atoms with Gasteiger partial charge < -0.3 is 0 Å². The first-order valence-corrected chi connectivity index (χ1v) is 7.93. The second-order valence-corrected chi connectivity index (χ2v) is 9.09. The topological polar surface area (TPSA) is 0 Å². The number of allylic oxidation sites excluding steroid dienone is 3. The first-order chi connectivity index (χ1) is 5.45. The van der Waals surface area contributed by atoms with Crippen LogP contribution in [0.2, 0.25) is 13.1 Å². The van der Waals surface area contributed by atoms with E-state index in [1.807, 2.05) is 0 Å². The van der Waals surface area contributed by atoms with Crippen LogP contribution in [0.1, 0.15) is 20.8 Å². The van der Waals surface area contributed by atoms with Gasteiger partial charge in [0, 0.05) is 0 Å². The lowest BCUT2D eigenvalue weighted by atomic mass is 9.97. The summed E-state index contributed by atoms with van der Waals surface area (Å²) in [5.74, 6) is 1.55. The lowest BCUT2D eigenvalue weighted by Crippen LogP contribution is -2.29. The predicted octanol–water partition coefficient (Wildman–Crippen LogP) is 3.56. The molecule has 0 bridgehead atoms. The SMILES string of the molecule is CC(C)C(C)C1=CC=C[Si]1(C)C. The Labute approximate surface area is 77.4 Å². The summed E-state index contributed by atoms with van der Waals surface area (Å²) in [5, 5.41) is 1.72. The summed E-state index contributed by atoms with van der Waals surface area (Å²) in [6.07, 6.45) is 4.59. The molecule has 0 aliphatic carbocycles. The summed E-state index contributed by atoms with van der Waals surface area (Å²) in [5.41, 5.74) is 2.43. The molecule has 1 heterocycles. The van der Waals surface area contributed by atoms with Crippen molar-refractivity contribution in [3.63, 3.8) is 0 Å². The monoisotopic (exact) mass is 180 g/mol. The maximum atomic E-state index is 2.43. The first-order valence-electron chi connectivity index (χ1n) is 4.85. The van der Waals surface area contributed by atoms with Crippen molar-refractivity contribution >= 4 is 8.07 Å². The molecule has 0 aromatic rings. The van der Waals surface area contributed by atoms with Crippen LogP contribution < -0.4 is 0 Å². The van der Waals surface area contributed by atoms with Crippen LogP contribution in [0.5, 0.6) is 0 Å². The van der Waals surface area contributed by atoms with Gasteiger partial charge in [-0.25, -0.2) is 0 Å². The van der Waals surface area contributed by atoms with Crippen LogP contribution in [-0.2, 0) is 0 Å². The van der Waals surface area contributed by atoms with Crippen LogP contribution in [0.3, 0.4) is 0 Å². The Hall–Kier alpha value is -0.303. The molecule has 0 N–H and O–H groups in total. The molecule has 0 fully saturated rings. The summed E-state index contributed by atoms with van der Waals surface area (Å²) in [6.45, 7) is 11.9. The molecule has 1 heteroatoms. The van der Waals surface area contributed by atoms with Gasteiger partial charge in [0.25, 0.3) is 0 Å². The van der Waals surface area contributed by atoms with Gasteiger partial charge in [-0.3, -0.25) is 0 Å². The largest absolute Gasteiger partial charge is 0.0993 e. The summed E-state index contributed by atoms with van der Waals surface area (Å²) < 4.78 is 0. The first kappa shape index (κ1) is 9.78. The molecule has 0 aromatic carbocycles. The highest BCUT2D eigenvalue weighted by atomic mass is 28.3. The maximum Gasteiger partial charge on any atom is 0.0993 e. The number of rotatable bonds is 2. The molecule has 1 unspecified atom stereocenters. The molecule has 0 saturated carbocycles. The lowest BCUT2D eigenvalue weighted by molar-refractivity contribution is 0.494. The average Bonchev–Trinajstić information content (AvgIpc) is 2.27. The van der Waals surface area contributed by atoms with E-state index in [1.165, 1.54) is 0 Å². The minimum absolute atomic E-state index is 0.765. The zero-order chi connectivity index (χ0) is 9.35. The van der Waals surface area contributed by atoms with Crippen LogP contribution in [-0.4, -0.2) is 8.07 Å². The van der Waals surface area contributed by atoms with Crippen molar-refractivity contribution in [1.29, 1.82) is 0 Å². The molecule has 0 nitrogen and oxygen atoms in total. The zero-order valence-corrected chi connectivity index (χ0v) is 9.89. The standard InChI is InChI=1S/C11H20Si/c1-9(2)10(3)11-7-6-8-12(11,4)5/h6-10H,1-5H3. The van der Waals surface area contributed by atoms with E-state index in [0.717, 1.165) is 11.8 Å². The molecule has 1 rings (SSSR count). The Morgan fingerprint density at radius 3 is 2.08 bits per heavy atom. The minimum atomic E-state index is -1.11. The predicted molar refractivity (Wildman–Crippen MR) is 58.7 cm³/mol. The molecule has 1 aliphatic heterocycles. The Kier molecular flexibility index (Phi) is 2.62. The smallest absolute Gasteiger partial charge is 0.0905 e. The summed E-state index contributed by atoms with van der Waals surface area (Å²) >= 11 is 0. The van der Waals surface area contributed by atoms with Gasteiger partial charge in [0.1, 0.15) is 0 Å². The fraction of sp³-hybridized carbons (Fsp3) is 0.636. The van der Waals surface area contributed by atoms with Crippen molar-refractivity contribution in [2.45, 2.75) is 33.9 Å². The van der Waals surface area contributed by atoms with Crippen LogP contribution in [0.15, 0.2) is 23.0 Å². The third kappa shape index (κ3) is 1.71. The second kappa shape index (κ2) is 3.21. The Morgan fingerprint density at radius 2 is 1.75 bits per heavy atom. The van der Waals surface area contributed by atoms with E-state index in [9.17, 15) is 0 Å². The Balaban J connectivity index is 2.79. The van der Waals surface area contributed by atoms with E-state index in [1.54, 1.807) is 5.20 Å². The summed E-state index contributed by atoms with van der Waals surface area (Å²) in [7, 11) is -1.11. The molecular weight excluding hydrogens is 160 g/mol. The third-order valence-corrected chi connectivity index (χ3v) is 6.16. The normalized spacial score (nSPS) is 23.0. The molecule has 0 amide bonds. The van der Waals surface area contributed by atoms with Gasteiger partial charge in [0.2, 0.25) is 0 Å².